The number of halogens is 2. The molecule has 0 saturated carbocycles. The number of amides is 1. The highest BCUT2D eigenvalue weighted by atomic mass is 35.5. The standard InChI is InChI=1S/C22H21Cl2N3O2/c23-18-7-4-15(11-19(18)24)22(29)26-21-17-12-16(25-13-27-9-1-2-10-27)6-3-14(17)5-8-20(21)28/h3-4,6-7,11-13,28H,1-2,5,8-10H2,(H,26,29). The first kappa shape index (κ1) is 19.8. The van der Waals surface area contributed by atoms with E-state index < -0.39 is 0 Å². The average Bonchev–Trinajstić information content (AvgIpc) is 3.24. The Morgan fingerprint density at radius 1 is 1.07 bits per heavy atom. The Morgan fingerprint density at radius 3 is 2.62 bits per heavy atom. The van der Waals surface area contributed by atoms with Gasteiger partial charge in [-0.05, 0) is 55.2 Å². The van der Waals surface area contributed by atoms with Crippen LogP contribution in [0.2, 0.25) is 10.0 Å². The maximum absolute atomic E-state index is 12.7. The normalized spacial score (nSPS) is 16.4. The number of aliphatic hydroxyl groups is 1. The number of fused-ring (bicyclic) bond motifs is 1. The number of aryl methyl sites for hydroxylation is 1. The molecule has 2 N–H and O–H groups in total. The van der Waals surface area contributed by atoms with E-state index in [4.69, 9.17) is 23.2 Å². The second-order valence-electron chi connectivity index (χ2n) is 7.23. The monoisotopic (exact) mass is 429 g/mol. The number of carbonyl (C=O) groups is 1. The molecular formula is C22H21Cl2N3O2. The number of nitrogens with zero attached hydrogens (tertiary/aromatic N) is 2. The molecule has 150 valence electrons. The summed E-state index contributed by atoms with van der Waals surface area (Å²) in [5.74, 6) is -0.199. The van der Waals surface area contributed by atoms with Gasteiger partial charge in [0, 0.05) is 30.6 Å². The summed E-state index contributed by atoms with van der Waals surface area (Å²) in [5, 5.41) is 14.0. The summed E-state index contributed by atoms with van der Waals surface area (Å²) in [7, 11) is 0. The van der Waals surface area contributed by atoms with Gasteiger partial charge < -0.3 is 15.3 Å². The highest BCUT2D eigenvalue weighted by Crippen LogP contribution is 2.32. The summed E-state index contributed by atoms with van der Waals surface area (Å²) in [6.07, 6.45) is 5.44. The third-order valence-electron chi connectivity index (χ3n) is 5.21. The van der Waals surface area contributed by atoms with Crippen LogP contribution in [0.15, 0.2) is 47.1 Å². The number of hydrogen-bond donors (Lipinski definition) is 2. The van der Waals surface area contributed by atoms with Crippen molar-refractivity contribution in [2.45, 2.75) is 25.7 Å². The molecule has 29 heavy (non-hydrogen) atoms. The molecule has 1 heterocycles. The molecule has 4 rings (SSSR count). The molecule has 2 aromatic carbocycles. The highest BCUT2D eigenvalue weighted by molar-refractivity contribution is 6.42. The number of nitrogens with one attached hydrogen (secondary N) is 1. The second kappa shape index (κ2) is 8.47. The van der Waals surface area contributed by atoms with Crippen LogP contribution in [-0.2, 0) is 6.42 Å². The second-order valence-corrected chi connectivity index (χ2v) is 8.05. The van der Waals surface area contributed by atoms with Gasteiger partial charge >= 0.3 is 0 Å². The van der Waals surface area contributed by atoms with Gasteiger partial charge in [0.05, 0.1) is 27.8 Å². The lowest BCUT2D eigenvalue weighted by Gasteiger charge is -2.21. The molecule has 1 amide bonds. The molecule has 0 unspecified atom stereocenters. The molecule has 5 nitrogen and oxygen atoms in total. The van der Waals surface area contributed by atoms with E-state index in [9.17, 15) is 9.90 Å². The van der Waals surface area contributed by atoms with Crippen LogP contribution in [0.3, 0.4) is 0 Å². The summed E-state index contributed by atoms with van der Waals surface area (Å²) >= 11 is 12.0. The summed E-state index contributed by atoms with van der Waals surface area (Å²) in [4.78, 5) is 19.5. The van der Waals surface area contributed by atoms with Gasteiger partial charge in [0.1, 0.15) is 5.76 Å². The van der Waals surface area contributed by atoms with Crippen molar-refractivity contribution in [3.63, 3.8) is 0 Å². The lowest BCUT2D eigenvalue weighted by molar-refractivity contribution is 0.0972. The Hall–Kier alpha value is -2.50. The molecule has 1 fully saturated rings. The zero-order valence-electron chi connectivity index (χ0n) is 15.8. The van der Waals surface area contributed by atoms with Gasteiger partial charge in [0.25, 0.3) is 5.91 Å². The molecule has 0 aromatic heterocycles. The Morgan fingerprint density at radius 2 is 1.86 bits per heavy atom. The van der Waals surface area contributed by atoms with Gasteiger partial charge in [0.2, 0.25) is 0 Å². The third-order valence-corrected chi connectivity index (χ3v) is 5.95. The van der Waals surface area contributed by atoms with Gasteiger partial charge in [0.15, 0.2) is 0 Å². The molecule has 0 atom stereocenters. The smallest absolute Gasteiger partial charge is 0.255 e. The fourth-order valence-electron chi connectivity index (χ4n) is 3.60. The van der Waals surface area contributed by atoms with Crippen LogP contribution in [0.4, 0.5) is 5.69 Å². The van der Waals surface area contributed by atoms with Gasteiger partial charge in [-0.3, -0.25) is 4.79 Å². The summed E-state index contributed by atoms with van der Waals surface area (Å²) in [5.41, 5.74) is 3.42. The van der Waals surface area contributed by atoms with Crippen molar-refractivity contribution in [1.82, 2.24) is 10.2 Å². The Bertz CT molecular complexity index is 1010. The number of benzene rings is 2. The highest BCUT2D eigenvalue weighted by Gasteiger charge is 2.22. The molecule has 1 aliphatic carbocycles. The first-order chi connectivity index (χ1) is 14.0. The van der Waals surface area contributed by atoms with Crippen LogP contribution in [-0.4, -0.2) is 35.3 Å². The Labute approximate surface area is 179 Å². The SMILES string of the molecule is O=C(NC1=C(O)CCc2ccc(N=CN3CCCC3)cc21)c1ccc(Cl)c(Cl)c1. The molecule has 0 bridgehead atoms. The van der Waals surface area contributed by atoms with E-state index in [0.717, 1.165) is 29.9 Å². The molecule has 1 saturated heterocycles. The fourth-order valence-corrected chi connectivity index (χ4v) is 3.90. The van der Waals surface area contributed by atoms with Crippen molar-refractivity contribution in [3.8, 4) is 0 Å². The predicted molar refractivity (Wildman–Crippen MR) is 117 cm³/mol. The van der Waals surface area contributed by atoms with Gasteiger partial charge in [-0.15, -0.1) is 0 Å². The molecule has 0 spiro atoms. The van der Waals surface area contributed by atoms with Crippen LogP contribution >= 0.6 is 23.2 Å². The first-order valence-corrected chi connectivity index (χ1v) is 10.4. The molecule has 1 aliphatic heterocycles. The van der Waals surface area contributed by atoms with Crippen molar-refractivity contribution in [3.05, 3.63) is 68.9 Å². The maximum Gasteiger partial charge on any atom is 0.255 e. The number of hydrogen-bond acceptors (Lipinski definition) is 3. The van der Waals surface area contributed by atoms with E-state index in [1.54, 1.807) is 12.1 Å². The van der Waals surface area contributed by atoms with Crippen molar-refractivity contribution >= 4 is 46.8 Å². The van der Waals surface area contributed by atoms with E-state index in [2.05, 4.69) is 15.2 Å². The minimum absolute atomic E-state index is 0.159. The zero-order valence-corrected chi connectivity index (χ0v) is 17.3. The van der Waals surface area contributed by atoms with E-state index in [1.165, 1.54) is 18.9 Å². The largest absolute Gasteiger partial charge is 0.510 e. The lowest BCUT2D eigenvalue weighted by Crippen LogP contribution is -2.25. The van der Waals surface area contributed by atoms with E-state index in [1.807, 2.05) is 24.5 Å². The average molecular weight is 430 g/mol. The molecule has 0 radical (unpaired) electrons. The van der Waals surface area contributed by atoms with Crippen LogP contribution in [0, 0.1) is 0 Å². The summed E-state index contributed by atoms with van der Waals surface area (Å²) in [6.45, 7) is 2.06. The van der Waals surface area contributed by atoms with Crippen LogP contribution in [0.25, 0.3) is 5.70 Å². The Kier molecular flexibility index (Phi) is 5.79. The molecular weight excluding hydrogens is 409 g/mol. The molecule has 2 aliphatic rings. The lowest BCUT2D eigenvalue weighted by atomic mass is 9.92. The van der Waals surface area contributed by atoms with Crippen LogP contribution in [0.1, 0.15) is 40.7 Å². The van der Waals surface area contributed by atoms with Crippen molar-refractivity contribution < 1.29 is 9.90 Å². The van der Waals surface area contributed by atoms with E-state index in [0.29, 0.717) is 34.1 Å². The van der Waals surface area contributed by atoms with Gasteiger partial charge in [-0.2, -0.15) is 0 Å². The van der Waals surface area contributed by atoms with Crippen LogP contribution < -0.4 is 5.32 Å². The summed E-state index contributed by atoms with van der Waals surface area (Å²) < 4.78 is 0. The third kappa shape index (κ3) is 4.41. The fraction of sp³-hybridized carbons (Fsp3) is 0.273. The number of carbonyl (C=O) groups excluding carboxylic acids is 1. The van der Waals surface area contributed by atoms with E-state index in [-0.39, 0.29) is 11.7 Å². The quantitative estimate of drug-likeness (QED) is 0.508. The predicted octanol–water partition coefficient (Wildman–Crippen LogP) is 5.35. The van der Waals surface area contributed by atoms with Crippen LogP contribution in [0.5, 0.6) is 0 Å². The summed E-state index contributed by atoms with van der Waals surface area (Å²) in [6, 6.07) is 10.6. The maximum atomic E-state index is 12.7. The van der Waals surface area contributed by atoms with Gasteiger partial charge in [-0.25, -0.2) is 4.99 Å². The topological polar surface area (TPSA) is 64.9 Å². The zero-order chi connectivity index (χ0) is 20.4. The number of aliphatic imine (C=N–C) groups is 1. The number of allylic oxidation sites excluding steroid dienone is 1. The van der Waals surface area contributed by atoms with E-state index >= 15 is 0 Å². The number of rotatable bonds is 4. The number of aliphatic hydroxyl groups excluding tert-OH is 1. The minimum atomic E-state index is -0.357. The molecule has 2 aromatic rings. The van der Waals surface area contributed by atoms with Crippen molar-refractivity contribution in [2.24, 2.45) is 4.99 Å². The van der Waals surface area contributed by atoms with Crippen molar-refractivity contribution in [2.75, 3.05) is 13.1 Å². The Balaban J connectivity index is 1.59. The molecule has 7 heteroatoms. The van der Waals surface area contributed by atoms with Crippen molar-refractivity contribution in [1.29, 1.82) is 0 Å². The van der Waals surface area contributed by atoms with Gasteiger partial charge in [-0.1, -0.05) is 29.3 Å². The number of likely N-dealkylation sites (tertiary alicyclic amines) is 1. The minimum Gasteiger partial charge on any atom is -0.510 e. The first-order valence-electron chi connectivity index (χ1n) is 9.61.